The summed E-state index contributed by atoms with van der Waals surface area (Å²) in [7, 11) is 1.34. The third-order valence-corrected chi connectivity index (χ3v) is 2.57. The van der Waals surface area contributed by atoms with E-state index in [1.165, 1.54) is 31.4 Å². The Morgan fingerprint density at radius 2 is 1.90 bits per heavy atom. The number of carbonyl (C=O) groups is 2. The molecule has 0 bridgehead atoms. The van der Waals surface area contributed by atoms with Gasteiger partial charge in [0.2, 0.25) is 0 Å². The lowest BCUT2D eigenvalue weighted by Crippen LogP contribution is -2.27. The molecule has 0 spiro atoms. The average Bonchev–Trinajstić information content (AvgIpc) is 2.40. The molecule has 1 unspecified atom stereocenters. The van der Waals surface area contributed by atoms with Crippen LogP contribution >= 0.6 is 0 Å². The van der Waals surface area contributed by atoms with Crippen molar-refractivity contribution >= 4 is 17.4 Å². The number of hydrogen-bond acceptors (Lipinski definition) is 6. The Hall–Kier alpha value is -2.28. The molecule has 1 aromatic rings. The first-order valence-electron chi connectivity index (χ1n) is 5.93. The maximum Gasteiger partial charge on any atom is 0.321 e. The van der Waals surface area contributed by atoms with Crippen molar-refractivity contribution in [2.24, 2.45) is 0 Å². The summed E-state index contributed by atoms with van der Waals surface area (Å²) in [6.07, 6.45) is 0. The Morgan fingerprint density at radius 3 is 2.35 bits per heavy atom. The molecule has 0 saturated heterocycles. The standard InChI is InChI=1S/C13H15NO6/c1-3-20-13(16)12(11(15)8-19-2)9-4-6-10(7-5-9)14(17)18/h4-7,12H,3,8H2,1-2H3. The first kappa shape index (κ1) is 15.8. The molecular formula is C13H15NO6. The van der Waals surface area contributed by atoms with E-state index in [2.05, 4.69) is 0 Å². The molecule has 0 N–H and O–H groups in total. The van der Waals surface area contributed by atoms with E-state index < -0.39 is 22.6 Å². The molecule has 0 aliphatic carbocycles. The van der Waals surface area contributed by atoms with E-state index in [1.54, 1.807) is 6.92 Å². The van der Waals surface area contributed by atoms with Crippen LogP contribution in [-0.2, 0) is 19.1 Å². The second-order valence-corrected chi connectivity index (χ2v) is 3.93. The van der Waals surface area contributed by atoms with Gasteiger partial charge in [-0.05, 0) is 12.5 Å². The summed E-state index contributed by atoms with van der Waals surface area (Å²) in [5.41, 5.74) is 0.228. The van der Waals surface area contributed by atoms with E-state index >= 15 is 0 Å². The normalized spacial score (nSPS) is 11.7. The number of rotatable bonds is 7. The number of ether oxygens (including phenoxy) is 2. The maximum atomic E-state index is 11.9. The summed E-state index contributed by atoms with van der Waals surface area (Å²) in [6.45, 7) is 1.54. The predicted octanol–water partition coefficient (Wildman–Crippen LogP) is 1.46. The fraction of sp³-hybridized carbons (Fsp3) is 0.385. The Kier molecular flexibility index (Phi) is 5.79. The second-order valence-electron chi connectivity index (χ2n) is 3.93. The summed E-state index contributed by atoms with van der Waals surface area (Å²) >= 11 is 0. The SMILES string of the molecule is CCOC(=O)C(C(=O)COC)c1ccc([N+](=O)[O-])cc1. The number of non-ortho nitro benzene ring substituents is 1. The summed E-state index contributed by atoms with van der Waals surface area (Å²) in [4.78, 5) is 33.8. The molecule has 7 nitrogen and oxygen atoms in total. The van der Waals surface area contributed by atoms with E-state index in [4.69, 9.17) is 9.47 Å². The molecule has 0 fully saturated rings. The van der Waals surface area contributed by atoms with Crippen molar-refractivity contribution in [2.75, 3.05) is 20.3 Å². The van der Waals surface area contributed by atoms with Crippen LogP contribution in [0.5, 0.6) is 0 Å². The molecule has 0 saturated carbocycles. The number of nitro benzene ring substituents is 1. The highest BCUT2D eigenvalue weighted by molar-refractivity contribution is 6.05. The van der Waals surface area contributed by atoms with Gasteiger partial charge in [-0.25, -0.2) is 0 Å². The van der Waals surface area contributed by atoms with Gasteiger partial charge in [0.1, 0.15) is 12.5 Å². The maximum absolute atomic E-state index is 11.9. The van der Waals surface area contributed by atoms with Crippen LogP contribution in [0, 0.1) is 10.1 Å². The first-order chi connectivity index (χ1) is 9.51. The van der Waals surface area contributed by atoms with Gasteiger partial charge in [-0.3, -0.25) is 19.7 Å². The van der Waals surface area contributed by atoms with Gasteiger partial charge in [0.25, 0.3) is 5.69 Å². The van der Waals surface area contributed by atoms with Gasteiger partial charge in [-0.15, -0.1) is 0 Å². The van der Waals surface area contributed by atoms with E-state index in [0.29, 0.717) is 5.56 Å². The lowest BCUT2D eigenvalue weighted by atomic mass is 9.95. The minimum atomic E-state index is -1.13. The molecule has 1 rings (SSSR count). The Morgan fingerprint density at radius 1 is 1.30 bits per heavy atom. The van der Waals surface area contributed by atoms with Gasteiger partial charge >= 0.3 is 5.97 Å². The average molecular weight is 281 g/mol. The smallest absolute Gasteiger partial charge is 0.321 e. The zero-order valence-corrected chi connectivity index (χ0v) is 11.2. The van der Waals surface area contributed by atoms with Crippen molar-refractivity contribution in [3.63, 3.8) is 0 Å². The zero-order valence-electron chi connectivity index (χ0n) is 11.2. The molecule has 1 aromatic carbocycles. The van der Waals surface area contributed by atoms with Gasteiger partial charge < -0.3 is 9.47 Å². The van der Waals surface area contributed by atoms with Crippen molar-refractivity contribution < 1.29 is 24.0 Å². The van der Waals surface area contributed by atoms with Crippen molar-refractivity contribution in [1.82, 2.24) is 0 Å². The Labute approximate surface area is 115 Å². The highest BCUT2D eigenvalue weighted by atomic mass is 16.6. The molecular weight excluding hydrogens is 266 g/mol. The lowest BCUT2D eigenvalue weighted by Gasteiger charge is -2.14. The number of Topliss-reactive ketones (excluding diaryl/α,β-unsaturated/α-hetero) is 1. The quantitative estimate of drug-likeness (QED) is 0.325. The molecule has 0 aliphatic rings. The summed E-state index contributed by atoms with van der Waals surface area (Å²) in [5.74, 6) is -2.28. The first-order valence-corrected chi connectivity index (χ1v) is 5.93. The molecule has 0 aromatic heterocycles. The van der Waals surface area contributed by atoms with E-state index in [-0.39, 0.29) is 18.9 Å². The number of hydrogen-bond donors (Lipinski definition) is 0. The number of benzene rings is 1. The number of nitro groups is 1. The van der Waals surface area contributed by atoms with Gasteiger partial charge in [0.15, 0.2) is 5.78 Å². The largest absolute Gasteiger partial charge is 0.465 e. The molecule has 108 valence electrons. The van der Waals surface area contributed by atoms with Crippen molar-refractivity contribution in [1.29, 1.82) is 0 Å². The minimum Gasteiger partial charge on any atom is -0.465 e. The van der Waals surface area contributed by atoms with Crippen LogP contribution in [-0.4, -0.2) is 37.0 Å². The van der Waals surface area contributed by atoms with Crippen molar-refractivity contribution in [3.05, 3.63) is 39.9 Å². The zero-order chi connectivity index (χ0) is 15.1. The number of nitrogens with zero attached hydrogens (tertiary/aromatic N) is 1. The van der Waals surface area contributed by atoms with Crippen LogP contribution in [0.2, 0.25) is 0 Å². The predicted molar refractivity (Wildman–Crippen MR) is 69.4 cm³/mol. The van der Waals surface area contributed by atoms with Crippen LogP contribution in [0.4, 0.5) is 5.69 Å². The van der Waals surface area contributed by atoms with Crippen LogP contribution in [0.1, 0.15) is 18.4 Å². The van der Waals surface area contributed by atoms with Crippen molar-refractivity contribution in [3.8, 4) is 0 Å². The monoisotopic (exact) mass is 281 g/mol. The molecule has 0 aliphatic heterocycles. The molecule has 0 radical (unpaired) electrons. The van der Waals surface area contributed by atoms with Gasteiger partial charge in [0, 0.05) is 19.2 Å². The molecule has 7 heteroatoms. The highest BCUT2D eigenvalue weighted by Crippen LogP contribution is 2.22. The van der Waals surface area contributed by atoms with Gasteiger partial charge in [-0.1, -0.05) is 12.1 Å². The van der Waals surface area contributed by atoms with Gasteiger partial charge in [-0.2, -0.15) is 0 Å². The highest BCUT2D eigenvalue weighted by Gasteiger charge is 2.29. The van der Waals surface area contributed by atoms with Crippen LogP contribution < -0.4 is 0 Å². The molecule has 1 atom stereocenters. The summed E-state index contributed by atoms with van der Waals surface area (Å²) in [6, 6.07) is 5.21. The third-order valence-electron chi connectivity index (χ3n) is 2.57. The minimum absolute atomic E-state index is 0.115. The summed E-state index contributed by atoms with van der Waals surface area (Å²) in [5, 5.41) is 10.6. The lowest BCUT2D eigenvalue weighted by molar-refractivity contribution is -0.384. The van der Waals surface area contributed by atoms with E-state index in [1.807, 2.05) is 0 Å². The fourth-order valence-corrected chi connectivity index (χ4v) is 1.69. The van der Waals surface area contributed by atoms with E-state index in [0.717, 1.165) is 0 Å². The second kappa shape index (κ2) is 7.34. The number of esters is 1. The Bertz CT molecular complexity index is 478. The number of carbonyl (C=O) groups excluding carboxylic acids is 2. The number of methoxy groups -OCH3 is 1. The molecule has 20 heavy (non-hydrogen) atoms. The third kappa shape index (κ3) is 3.86. The molecule has 0 heterocycles. The van der Waals surface area contributed by atoms with Crippen molar-refractivity contribution in [2.45, 2.75) is 12.8 Å². The molecule has 0 amide bonds. The fourth-order valence-electron chi connectivity index (χ4n) is 1.69. The van der Waals surface area contributed by atoms with Gasteiger partial charge in [0.05, 0.1) is 11.5 Å². The Balaban J connectivity index is 3.06. The number of ketones is 1. The van der Waals surface area contributed by atoms with E-state index in [9.17, 15) is 19.7 Å². The van der Waals surface area contributed by atoms with Crippen LogP contribution in [0.15, 0.2) is 24.3 Å². The van der Waals surface area contributed by atoms with Crippen LogP contribution in [0.3, 0.4) is 0 Å². The topological polar surface area (TPSA) is 95.7 Å². The summed E-state index contributed by atoms with van der Waals surface area (Å²) < 4.78 is 9.59. The van der Waals surface area contributed by atoms with Crippen LogP contribution in [0.25, 0.3) is 0 Å².